The van der Waals surface area contributed by atoms with Crippen LogP contribution in [0, 0.1) is 26.2 Å². The van der Waals surface area contributed by atoms with Gasteiger partial charge in [-0.25, -0.2) is 4.79 Å². The van der Waals surface area contributed by atoms with Gasteiger partial charge in [-0.1, -0.05) is 24.1 Å². The van der Waals surface area contributed by atoms with Gasteiger partial charge in [0.25, 0.3) is 0 Å². The summed E-state index contributed by atoms with van der Waals surface area (Å²) in [6, 6.07) is 4.28. The Hall–Kier alpha value is -1.55. The molecule has 4 nitrogen and oxygen atoms in total. The monoisotopic (exact) mass is 330 g/mol. The Morgan fingerprint density at radius 3 is 2.54 bits per heavy atom. The zero-order valence-electron chi connectivity index (χ0n) is 15.4. The predicted molar refractivity (Wildman–Crippen MR) is 97.6 cm³/mol. The summed E-state index contributed by atoms with van der Waals surface area (Å²) in [5, 5.41) is 3.16. The molecule has 2 amide bonds. The van der Waals surface area contributed by atoms with Crippen molar-refractivity contribution in [3.63, 3.8) is 0 Å². The largest absolute Gasteiger partial charge is 0.381 e. The fraction of sp³-hybridized carbons (Fsp3) is 0.650. The number of ether oxygens (including phenoxy) is 1. The Bertz CT molecular complexity index is 605. The molecule has 0 bridgehead atoms. The molecule has 0 unspecified atom stereocenters. The van der Waals surface area contributed by atoms with Gasteiger partial charge >= 0.3 is 6.03 Å². The molecule has 0 aromatic heterocycles. The smallest absolute Gasteiger partial charge is 0.321 e. The minimum Gasteiger partial charge on any atom is -0.381 e. The molecule has 1 saturated carbocycles. The Morgan fingerprint density at radius 2 is 1.88 bits per heavy atom. The van der Waals surface area contributed by atoms with Crippen LogP contribution in [0.4, 0.5) is 10.5 Å². The van der Waals surface area contributed by atoms with Crippen molar-refractivity contribution >= 4 is 11.7 Å². The van der Waals surface area contributed by atoms with Gasteiger partial charge in [0, 0.05) is 31.3 Å². The maximum absolute atomic E-state index is 12.9. The van der Waals surface area contributed by atoms with Gasteiger partial charge in [0.1, 0.15) is 0 Å². The van der Waals surface area contributed by atoms with E-state index >= 15 is 0 Å². The second-order valence-electron chi connectivity index (χ2n) is 7.71. The summed E-state index contributed by atoms with van der Waals surface area (Å²) in [6.45, 7) is 7.87. The third kappa shape index (κ3) is 3.16. The van der Waals surface area contributed by atoms with Gasteiger partial charge in [0.05, 0.1) is 6.10 Å². The minimum absolute atomic E-state index is 0.0332. The quantitative estimate of drug-likeness (QED) is 0.872. The highest BCUT2D eigenvalue weighted by Crippen LogP contribution is 2.46. The van der Waals surface area contributed by atoms with Crippen LogP contribution in [0.15, 0.2) is 12.1 Å². The van der Waals surface area contributed by atoms with Gasteiger partial charge in [0.2, 0.25) is 0 Å². The first-order valence-corrected chi connectivity index (χ1v) is 9.12. The van der Waals surface area contributed by atoms with Gasteiger partial charge in [-0.2, -0.15) is 0 Å². The first-order chi connectivity index (χ1) is 11.4. The lowest BCUT2D eigenvalue weighted by molar-refractivity contribution is -0.0244. The van der Waals surface area contributed by atoms with Crippen LogP contribution >= 0.6 is 0 Å². The molecule has 1 aromatic carbocycles. The lowest BCUT2D eigenvalue weighted by atomic mass is 9.76. The minimum atomic E-state index is 0.0332. The van der Waals surface area contributed by atoms with E-state index in [-0.39, 0.29) is 11.4 Å². The Kier molecular flexibility index (Phi) is 4.86. The number of urea groups is 1. The number of hydrogen-bond donors (Lipinski definition) is 1. The summed E-state index contributed by atoms with van der Waals surface area (Å²) in [4.78, 5) is 14.9. The van der Waals surface area contributed by atoms with E-state index in [9.17, 15) is 4.79 Å². The van der Waals surface area contributed by atoms with E-state index in [1.165, 1.54) is 24.8 Å². The number of benzene rings is 1. The van der Waals surface area contributed by atoms with Crippen LogP contribution in [0.5, 0.6) is 0 Å². The number of piperidine rings is 1. The van der Waals surface area contributed by atoms with Crippen LogP contribution in [0.3, 0.4) is 0 Å². The number of aryl methyl sites for hydroxylation is 3. The van der Waals surface area contributed by atoms with Crippen LogP contribution in [-0.2, 0) is 4.74 Å². The molecule has 1 N–H and O–H groups in total. The van der Waals surface area contributed by atoms with Crippen LogP contribution in [0.2, 0.25) is 0 Å². The summed E-state index contributed by atoms with van der Waals surface area (Å²) in [7, 11) is 1.82. The van der Waals surface area contributed by atoms with Crippen LogP contribution in [0.25, 0.3) is 0 Å². The van der Waals surface area contributed by atoms with E-state index < -0.39 is 0 Å². The van der Waals surface area contributed by atoms with Crippen molar-refractivity contribution in [2.75, 3.05) is 25.5 Å². The molecule has 1 heterocycles. The van der Waals surface area contributed by atoms with Crippen molar-refractivity contribution in [2.24, 2.45) is 5.41 Å². The summed E-state index contributed by atoms with van der Waals surface area (Å²) in [6.07, 6.45) is 6.07. The van der Waals surface area contributed by atoms with E-state index in [1.54, 1.807) is 0 Å². The molecule has 0 radical (unpaired) electrons. The summed E-state index contributed by atoms with van der Waals surface area (Å²) in [5.74, 6) is 0. The first-order valence-electron chi connectivity index (χ1n) is 9.12. The lowest BCUT2D eigenvalue weighted by Crippen LogP contribution is -2.51. The zero-order valence-corrected chi connectivity index (χ0v) is 15.4. The fourth-order valence-electron chi connectivity index (χ4n) is 4.84. The number of hydrogen-bond acceptors (Lipinski definition) is 2. The van der Waals surface area contributed by atoms with Crippen molar-refractivity contribution in [3.05, 3.63) is 28.8 Å². The van der Waals surface area contributed by atoms with Crippen LogP contribution in [0.1, 0.15) is 48.8 Å². The van der Waals surface area contributed by atoms with Gasteiger partial charge in [-0.15, -0.1) is 0 Å². The molecule has 2 atom stereocenters. The van der Waals surface area contributed by atoms with Gasteiger partial charge in [-0.05, 0) is 57.6 Å². The van der Waals surface area contributed by atoms with E-state index in [4.69, 9.17) is 4.74 Å². The Morgan fingerprint density at radius 1 is 1.21 bits per heavy atom. The average Bonchev–Trinajstić information content (AvgIpc) is 2.92. The number of likely N-dealkylation sites (tertiary alicyclic amines) is 1. The number of methoxy groups -OCH3 is 1. The first kappa shape index (κ1) is 17.3. The fourth-order valence-corrected chi connectivity index (χ4v) is 4.84. The second-order valence-corrected chi connectivity index (χ2v) is 7.71. The number of amides is 2. The van der Waals surface area contributed by atoms with E-state index in [0.717, 1.165) is 42.7 Å². The highest BCUT2D eigenvalue weighted by molar-refractivity contribution is 5.91. The number of rotatable bonds is 2. The SMILES string of the molecule is CO[C@@H]1CCC[C@]12CCCN(C(=O)Nc1c(C)cc(C)cc1C)C2. The molecule has 1 aliphatic carbocycles. The number of carbonyl (C=O) groups is 1. The molecule has 132 valence electrons. The molecule has 3 rings (SSSR count). The number of carbonyl (C=O) groups excluding carboxylic acids is 1. The van der Waals surface area contributed by atoms with Crippen LogP contribution < -0.4 is 5.32 Å². The third-order valence-corrected chi connectivity index (χ3v) is 5.91. The number of nitrogens with one attached hydrogen (secondary N) is 1. The second kappa shape index (κ2) is 6.75. The maximum atomic E-state index is 12.9. The van der Waals surface area contributed by atoms with Crippen molar-refractivity contribution in [2.45, 2.75) is 59.0 Å². The van der Waals surface area contributed by atoms with Crippen molar-refractivity contribution in [3.8, 4) is 0 Å². The molecule has 4 heteroatoms. The lowest BCUT2D eigenvalue weighted by Gasteiger charge is -2.43. The molecule has 2 aliphatic rings. The highest BCUT2D eigenvalue weighted by atomic mass is 16.5. The average molecular weight is 330 g/mol. The van der Waals surface area contributed by atoms with Gasteiger partial charge < -0.3 is 15.0 Å². The van der Waals surface area contributed by atoms with E-state index in [1.807, 2.05) is 12.0 Å². The summed E-state index contributed by atoms with van der Waals surface area (Å²) >= 11 is 0. The van der Waals surface area contributed by atoms with Crippen molar-refractivity contribution in [1.29, 1.82) is 0 Å². The molecule has 24 heavy (non-hydrogen) atoms. The molecule has 2 fully saturated rings. The number of anilines is 1. The molecule has 1 aliphatic heterocycles. The third-order valence-electron chi connectivity index (χ3n) is 5.91. The van der Waals surface area contributed by atoms with Crippen LogP contribution in [-0.4, -0.2) is 37.2 Å². The molecular weight excluding hydrogens is 300 g/mol. The summed E-state index contributed by atoms with van der Waals surface area (Å²) in [5.41, 5.74) is 4.61. The summed E-state index contributed by atoms with van der Waals surface area (Å²) < 4.78 is 5.74. The van der Waals surface area contributed by atoms with Crippen molar-refractivity contribution < 1.29 is 9.53 Å². The maximum Gasteiger partial charge on any atom is 0.321 e. The Labute approximate surface area is 145 Å². The molecular formula is C20H30N2O2. The predicted octanol–water partition coefficient (Wildman–Crippen LogP) is 4.42. The topological polar surface area (TPSA) is 41.6 Å². The standard InChI is InChI=1S/C20H30N2O2/c1-14-11-15(2)18(16(3)12-14)21-19(23)22-10-6-9-20(13-22)8-5-7-17(20)24-4/h11-12,17H,5-10,13H2,1-4H3,(H,21,23)/t17-,20-/m1/s1. The normalized spacial score (nSPS) is 26.8. The zero-order chi connectivity index (χ0) is 17.3. The highest BCUT2D eigenvalue weighted by Gasteiger charge is 2.46. The van der Waals surface area contributed by atoms with E-state index in [2.05, 4.69) is 38.2 Å². The van der Waals surface area contributed by atoms with E-state index in [0.29, 0.717) is 6.10 Å². The van der Waals surface area contributed by atoms with Gasteiger partial charge in [-0.3, -0.25) is 0 Å². The van der Waals surface area contributed by atoms with Gasteiger partial charge in [0.15, 0.2) is 0 Å². The molecule has 1 spiro atoms. The van der Waals surface area contributed by atoms with Crippen molar-refractivity contribution in [1.82, 2.24) is 4.90 Å². The Balaban J connectivity index is 1.74. The molecule has 1 aromatic rings. The molecule has 1 saturated heterocycles. The number of nitrogens with zero attached hydrogens (tertiary/aromatic N) is 1.